The number of nitrogens with one attached hydrogen (secondary N) is 1. The van der Waals surface area contributed by atoms with Crippen LogP contribution >= 0.6 is 0 Å². The molecule has 1 aromatic carbocycles. The van der Waals surface area contributed by atoms with Crippen LogP contribution in [0.3, 0.4) is 0 Å². The van der Waals surface area contributed by atoms with Crippen molar-refractivity contribution in [2.24, 2.45) is 0 Å². The third-order valence-corrected chi connectivity index (χ3v) is 3.92. The van der Waals surface area contributed by atoms with Crippen LogP contribution in [0, 0.1) is 0 Å². The number of rotatable bonds is 5. The van der Waals surface area contributed by atoms with Crippen LogP contribution in [0.25, 0.3) is 11.5 Å². The molecule has 0 bridgehead atoms. The Morgan fingerprint density at radius 2 is 2.05 bits per heavy atom. The number of hydrogen-bond acceptors (Lipinski definition) is 5. The normalized spacial score (nSPS) is 16.2. The molecule has 1 aliphatic heterocycles. The van der Waals surface area contributed by atoms with Gasteiger partial charge in [0.15, 0.2) is 5.82 Å². The maximum atomic E-state index is 5.50. The summed E-state index contributed by atoms with van der Waals surface area (Å²) in [5.74, 6) is 1.81. The zero-order chi connectivity index (χ0) is 14.5. The van der Waals surface area contributed by atoms with Crippen molar-refractivity contribution in [1.82, 2.24) is 15.5 Å². The van der Waals surface area contributed by atoms with Gasteiger partial charge in [-0.05, 0) is 44.5 Å². The third-order valence-electron chi connectivity index (χ3n) is 3.92. The van der Waals surface area contributed by atoms with E-state index in [4.69, 9.17) is 9.26 Å². The first-order valence-electron chi connectivity index (χ1n) is 7.52. The monoisotopic (exact) mass is 287 g/mol. The Kier molecular flexibility index (Phi) is 4.62. The van der Waals surface area contributed by atoms with Gasteiger partial charge in [-0.25, -0.2) is 0 Å². The summed E-state index contributed by atoms with van der Waals surface area (Å²) in [6.07, 6.45) is 2.89. The number of aromatic nitrogens is 2. The molecule has 0 amide bonds. The van der Waals surface area contributed by atoms with Crippen molar-refractivity contribution in [3.8, 4) is 11.5 Å². The number of nitrogens with zero attached hydrogens (tertiary/aromatic N) is 2. The number of likely N-dealkylation sites (N-methyl/N-ethyl adjacent to an activating group) is 1. The van der Waals surface area contributed by atoms with Gasteiger partial charge in [-0.15, -0.1) is 0 Å². The second-order valence-corrected chi connectivity index (χ2v) is 5.36. The van der Waals surface area contributed by atoms with Crippen molar-refractivity contribution < 1.29 is 9.26 Å². The summed E-state index contributed by atoms with van der Waals surface area (Å²) in [4.78, 5) is 4.62. The van der Waals surface area contributed by atoms with Gasteiger partial charge in [0, 0.05) is 24.7 Å². The van der Waals surface area contributed by atoms with Crippen LogP contribution in [0.15, 0.2) is 28.8 Å². The Morgan fingerprint density at radius 1 is 1.24 bits per heavy atom. The molecule has 2 heterocycles. The highest BCUT2D eigenvalue weighted by atomic mass is 16.5. The lowest BCUT2D eigenvalue weighted by Gasteiger charge is -2.18. The number of ether oxygens (including phenoxy) is 1. The standard InChI is InChI=1S/C16H21N3O2/c1-17-9-6-12-4-2-3-5-14(12)16-18-15(19-21-16)13-7-10-20-11-8-13/h2-5,13,17H,6-11H2,1H3. The fraction of sp³-hybridized carbons (Fsp3) is 0.500. The van der Waals surface area contributed by atoms with Gasteiger partial charge in [-0.2, -0.15) is 4.98 Å². The van der Waals surface area contributed by atoms with Crippen LogP contribution in [0.1, 0.15) is 30.1 Å². The first-order chi connectivity index (χ1) is 10.4. The summed E-state index contributed by atoms with van der Waals surface area (Å²) in [7, 11) is 1.96. The highest BCUT2D eigenvalue weighted by Crippen LogP contribution is 2.28. The van der Waals surface area contributed by atoms with E-state index in [1.165, 1.54) is 5.56 Å². The van der Waals surface area contributed by atoms with Gasteiger partial charge in [0.25, 0.3) is 5.89 Å². The highest BCUT2D eigenvalue weighted by Gasteiger charge is 2.22. The minimum atomic E-state index is 0.362. The predicted molar refractivity (Wildman–Crippen MR) is 80.2 cm³/mol. The Hall–Kier alpha value is -1.72. The molecule has 5 heteroatoms. The molecule has 1 aliphatic rings. The van der Waals surface area contributed by atoms with E-state index in [0.717, 1.165) is 50.4 Å². The van der Waals surface area contributed by atoms with Crippen molar-refractivity contribution in [2.45, 2.75) is 25.2 Å². The summed E-state index contributed by atoms with van der Waals surface area (Å²) < 4.78 is 10.9. The molecule has 21 heavy (non-hydrogen) atoms. The molecule has 0 aliphatic carbocycles. The molecule has 0 radical (unpaired) electrons. The van der Waals surface area contributed by atoms with Crippen molar-refractivity contribution >= 4 is 0 Å². The molecule has 0 atom stereocenters. The SMILES string of the molecule is CNCCc1ccccc1-c1nc(C2CCOCC2)no1. The Bertz CT molecular complexity index is 576. The first-order valence-corrected chi connectivity index (χ1v) is 7.52. The summed E-state index contributed by atoms with van der Waals surface area (Å²) in [6.45, 7) is 2.50. The van der Waals surface area contributed by atoms with E-state index >= 15 is 0 Å². The Labute approximate surface area is 124 Å². The minimum Gasteiger partial charge on any atom is -0.381 e. The van der Waals surface area contributed by atoms with Crippen LogP contribution in [0.4, 0.5) is 0 Å². The fourth-order valence-corrected chi connectivity index (χ4v) is 2.67. The van der Waals surface area contributed by atoms with E-state index < -0.39 is 0 Å². The average Bonchev–Trinajstić information content (AvgIpc) is 3.04. The van der Waals surface area contributed by atoms with Crippen LogP contribution < -0.4 is 5.32 Å². The average molecular weight is 287 g/mol. The van der Waals surface area contributed by atoms with E-state index in [-0.39, 0.29) is 0 Å². The third kappa shape index (κ3) is 3.31. The van der Waals surface area contributed by atoms with Gasteiger partial charge in [0.2, 0.25) is 0 Å². The summed E-state index contributed by atoms with van der Waals surface area (Å²) in [5.41, 5.74) is 2.27. The van der Waals surface area contributed by atoms with E-state index in [1.54, 1.807) is 0 Å². The molecule has 112 valence electrons. The fourth-order valence-electron chi connectivity index (χ4n) is 2.67. The quantitative estimate of drug-likeness (QED) is 0.915. The molecular formula is C16H21N3O2. The lowest BCUT2D eigenvalue weighted by Crippen LogP contribution is -2.15. The van der Waals surface area contributed by atoms with Crippen LogP contribution in [-0.2, 0) is 11.2 Å². The van der Waals surface area contributed by atoms with Crippen molar-refractivity contribution in [3.05, 3.63) is 35.7 Å². The Morgan fingerprint density at radius 3 is 2.86 bits per heavy atom. The van der Waals surface area contributed by atoms with Crippen LogP contribution in [0.2, 0.25) is 0 Å². The molecule has 0 saturated carbocycles. The summed E-state index contributed by atoms with van der Waals surface area (Å²) >= 11 is 0. The number of benzene rings is 1. The molecule has 1 fully saturated rings. The molecule has 2 aromatic rings. The summed E-state index contributed by atoms with van der Waals surface area (Å²) in [5, 5.41) is 7.35. The van der Waals surface area contributed by atoms with Crippen molar-refractivity contribution in [3.63, 3.8) is 0 Å². The summed E-state index contributed by atoms with van der Waals surface area (Å²) in [6, 6.07) is 8.22. The molecule has 0 spiro atoms. The van der Waals surface area contributed by atoms with Gasteiger partial charge in [0.05, 0.1) is 0 Å². The molecule has 1 aromatic heterocycles. The van der Waals surface area contributed by atoms with Gasteiger partial charge in [-0.1, -0.05) is 23.4 Å². The number of hydrogen-bond donors (Lipinski definition) is 1. The smallest absolute Gasteiger partial charge is 0.258 e. The molecule has 1 saturated heterocycles. The second kappa shape index (κ2) is 6.83. The first kappa shape index (κ1) is 14.2. The van der Waals surface area contributed by atoms with E-state index in [2.05, 4.69) is 21.5 Å². The minimum absolute atomic E-state index is 0.362. The molecular weight excluding hydrogens is 266 g/mol. The lowest BCUT2D eigenvalue weighted by molar-refractivity contribution is 0.0830. The van der Waals surface area contributed by atoms with Crippen LogP contribution in [-0.4, -0.2) is 36.9 Å². The predicted octanol–water partition coefficient (Wildman–Crippen LogP) is 2.39. The van der Waals surface area contributed by atoms with Gasteiger partial charge in [0.1, 0.15) is 0 Å². The van der Waals surface area contributed by atoms with Crippen LogP contribution in [0.5, 0.6) is 0 Å². The van der Waals surface area contributed by atoms with E-state index in [0.29, 0.717) is 11.8 Å². The van der Waals surface area contributed by atoms with Gasteiger partial charge < -0.3 is 14.6 Å². The molecule has 5 nitrogen and oxygen atoms in total. The zero-order valence-corrected chi connectivity index (χ0v) is 12.3. The zero-order valence-electron chi connectivity index (χ0n) is 12.3. The molecule has 0 unspecified atom stereocenters. The van der Waals surface area contributed by atoms with Gasteiger partial charge in [-0.3, -0.25) is 0 Å². The topological polar surface area (TPSA) is 60.2 Å². The van der Waals surface area contributed by atoms with Crippen molar-refractivity contribution in [1.29, 1.82) is 0 Å². The maximum Gasteiger partial charge on any atom is 0.258 e. The van der Waals surface area contributed by atoms with Crippen molar-refractivity contribution in [2.75, 3.05) is 26.8 Å². The van der Waals surface area contributed by atoms with Gasteiger partial charge >= 0.3 is 0 Å². The lowest BCUT2D eigenvalue weighted by atomic mass is 10.00. The highest BCUT2D eigenvalue weighted by molar-refractivity contribution is 5.58. The van der Waals surface area contributed by atoms with E-state index in [1.807, 2.05) is 25.2 Å². The molecule has 1 N–H and O–H groups in total. The maximum absolute atomic E-state index is 5.50. The Balaban J connectivity index is 1.82. The largest absolute Gasteiger partial charge is 0.381 e. The second-order valence-electron chi connectivity index (χ2n) is 5.36. The molecule has 3 rings (SSSR count). The van der Waals surface area contributed by atoms with E-state index in [9.17, 15) is 0 Å².